The zero-order valence-corrected chi connectivity index (χ0v) is 22.8. The van der Waals surface area contributed by atoms with Crippen molar-refractivity contribution in [2.75, 3.05) is 0 Å². The van der Waals surface area contributed by atoms with Crippen LogP contribution in [-0.2, 0) is 17.1 Å². The Morgan fingerprint density at radius 3 is 1.62 bits per heavy atom. The van der Waals surface area contributed by atoms with Gasteiger partial charge in [0.05, 0.1) is 23.0 Å². The summed E-state index contributed by atoms with van der Waals surface area (Å²) >= 11 is 0. The fourth-order valence-electron chi connectivity index (χ4n) is 5.21. The first-order valence-electron chi connectivity index (χ1n) is 12.6. The van der Waals surface area contributed by atoms with E-state index in [1.807, 2.05) is 72.8 Å². The number of fused-ring (bicyclic) bond motifs is 20. The van der Waals surface area contributed by atoms with Crippen LogP contribution in [0.5, 0.6) is 0 Å². The Morgan fingerprint density at radius 2 is 0.905 bits per heavy atom. The molecule has 9 rings (SSSR count). The van der Waals surface area contributed by atoms with Gasteiger partial charge in [-0.25, -0.2) is 9.97 Å². The van der Waals surface area contributed by atoms with Gasteiger partial charge in [-0.15, -0.1) is 0 Å². The van der Waals surface area contributed by atoms with Crippen LogP contribution >= 0.6 is 0 Å². The SMILES string of the molecule is [CH3-].[Cu].c1ccc2c(c1)-c1nc-2nc2[n-]c(nc3nc(nc4[n-]c(n1)c1ccccc41)-c1cccnc1-3)c1ncccc21. The molecule has 0 amide bonds. The van der Waals surface area contributed by atoms with Crippen molar-refractivity contribution in [1.82, 2.24) is 49.8 Å². The molecule has 0 fully saturated rings. The molecule has 0 atom stereocenters. The predicted octanol–water partition coefficient (Wildman–Crippen LogP) is 5.37. The van der Waals surface area contributed by atoms with Gasteiger partial charge in [-0.3, -0.25) is 9.97 Å². The van der Waals surface area contributed by atoms with E-state index < -0.39 is 0 Å². The number of nitrogens with zero attached hydrogens (tertiary/aromatic N) is 10. The maximum absolute atomic E-state index is 4.92. The summed E-state index contributed by atoms with van der Waals surface area (Å²) in [4.78, 5) is 47.9. The van der Waals surface area contributed by atoms with E-state index in [1.54, 1.807) is 12.4 Å². The van der Waals surface area contributed by atoms with Gasteiger partial charge < -0.3 is 37.3 Å². The molecule has 7 aromatic rings. The molecule has 0 N–H and O–H groups in total. The monoisotopic (exact) mass is 592 g/mol. The van der Waals surface area contributed by atoms with Crippen molar-refractivity contribution in [1.29, 1.82) is 0 Å². The Morgan fingerprint density at radius 1 is 0.429 bits per heavy atom. The molecule has 0 saturated heterocycles. The van der Waals surface area contributed by atoms with E-state index in [2.05, 4.69) is 9.97 Å². The molecule has 205 valence electrons. The minimum Gasteiger partial charge on any atom is -0.358 e. The largest absolute Gasteiger partial charge is 0.358 e. The average Bonchev–Trinajstić information content (AvgIpc) is 3.73. The third kappa shape index (κ3) is 3.72. The maximum Gasteiger partial charge on any atom is 0.112 e. The summed E-state index contributed by atoms with van der Waals surface area (Å²) in [5.41, 5.74) is 5.63. The van der Waals surface area contributed by atoms with Crippen LogP contribution in [0.4, 0.5) is 0 Å². The quantitative estimate of drug-likeness (QED) is 0.167. The maximum atomic E-state index is 4.92. The van der Waals surface area contributed by atoms with Crippen molar-refractivity contribution >= 4 is 44.3 Å². The van der Waals surface area contributed by atoms with Crippen molar-refractivity contribution in [3.63, 3.8) is 0 Å². The van der Waals surface area contributed by atoms with Gasteiger partial charge in [-0.1, -0.05) is 54.6 Å². The number of hydrogen-bond donors (Lipinski definition) is 0. The van der Waals surface area contributed by atoms with Gasteiger partial charge in [0.2, 0.25) is 0 Å². The molecule has 0 saturated carbocycles. The third-order valence-corrected chi connectivity index (χ3v) is 7.03. The van der Waals surface area contributed by atoms with Crippen LogP contribution in [0.3, 0.4) is 0 Å². The average molecular weight is 593 g/mol. The Balaban J connectivity index is 0.00000144. The molecule has 2 aliphatic heterocycles. The van der Waals surface area contributed by atoms with E-state index >= 15 is 0 Å². The molecule has 1 radical (unpaired) electrons. The Labute approximate surface area is 248 Å². The van der Waals surface area contributed by atoms with Gasteiger partial charge in [0.15, 0.2) is 0 Å². The standard InChI is InChI=1S/C30H14N10.CH3.Cu/c1-3-9-17-15(7-1)23-33-24-16-8-2-4-10-18(16)26(35-24)37-28-20-12-6-14-32-22(20)30(39-28)40-29-21-19(11-5-13-31-21)27(38-29)36-25(17)34-23;;/h1-14H;1H3;/q-2;-1;. The predicted molar refractivity (Wildman–Crippen MR) is 156 cm³/mol. The zero-order chi connectivity index (χ0) is 26.2. The number of hydrogen-bond acceptors (Lipinski definition) is 8. The third-order valence-electron chi connectivity index (χ3n) is 7.03. The van der Waals surface area contributed by atoms with Crippen LogP contribution in [0.25, 0.3) is 89.9 Å². The number of benzene rings is 2. The van der Waals surface area contributed by atoms with Crippen LogP contribution in [0.15, 0.2) is 85.2 Å². The van der Waals surface area contributed by atoms with E-state index in [1.165, 1.54) is 0 Å². The van der Waals surface area contributed by atoms with E-state index in [4.69, 9.17) is 39.9 Å². The fraction of sp³-hybridized carbons (Fsp3) is 0. The summed E-state index contributed by atoms with van der Waals surface area (Å²) < 4.78 is 0. The van der Waals surface area contributed by atoms with Gasteiger partial charge >= 0.3 is 0 Å². The number of pyridine rings is 2. The van der Waals surface area contributed by atoms with Crippen molar-refractivity contribution in [2.24, 2.45) is 0 Å². The summed E-state index contributed by atoms with van der Waals surface area (Å²) in [5, 5.41) is 2.49. The summed E-state index contributed by atoms with van der Waals surface area (Å²) in [6.45, 7) is 0. The molecule has 2 aromatic carbocycles. The molecular weight excluding hydrogens is 576 g/mol. The zero-order valence-electron chi connectivity index (χ0n) is 21.9. The van der Waals surface area contributed by atoms with Crippen molar-refractivity contribution in [2.45, 2.75) is 0 Å². The van der Waals surface area contributed by atoms with Crippen LogP contribution in [0.1, 0.15) is 0 Å². The molecule has 0 aliphatic carbocycles. The normalized spacial score (nSPS) is 11.4. The molecule has 42 heavy (non-hydrogen) atoms. The fourth-order valence-corrected chi connectivity index (χ4v) is 5.21. The Bertz CT molecular complexity index is 2040. The van der Waals surface area contributed by atoms with Gasteiger partial charge in [0, 0.05) is 74.1 Å². The topological polar surface area (TPSA) is 131 Å². The number of aromatic nitrogens is 10. The molecule has 0 unspecified atom stereocenters. The van der Waals surface area contributed by atoms with Crippen LogP contribution < -0.4 is 9.97 Å². The smallest absolute Gasteiger partial charge is 0.112 e. The second-order valence-electron chi connectivity index (χ2n) is 9.37. The van der Waals surface area contributed by atoms with E-state index in [0.29, 0.717) is 57.1 Å². The first-order valence-corrected chi connectivity index (χ1v) is 12.6. The molecule has 2 aliphatic rings. The molecule has 7 heterocycles. The first-order chi connectivity index (χ1) is 19.8. The number of rotatable bonds is 0. The summed E-state index contributed by atoms with van der Waals surface area (Å²) in [7, 11) is 0. The van der Waals surface area contributed by atoms with Crippen molar-refractivity contribution < 1.29 is 17.1 Å². The van der Waals surface area contributed by atoms with E-state index in [0.717, 1.165) is 32.8 Å². The van der Waals surface area contributed by atoms with Crippen LogP contribution in [0, 0.1) is 7.43 Å². The molecule has 11 heteroatoms. The van der Waals surface area contributed by atoms with Gasteiger partial charge in [0.25, 0.3) is 0 Å². The molecule has 8 bridgehead atoms. The first kappa shape index (κ1) is 25.6. The van der Waals surface area contributed by atoms with Gasteiger partial charge in [-0.05, 0) is 29.0 Å². The van der Waals surface area contributed by atoms with E-state index in [-0.39, 0.29) is 24.5 Å². The second-order valence-corrected chi connectivity index (χ2v) is 9.37. The van der Waals surface area contributed by atoms with Crippen molar-refractivity contribution in [3.05, 3.63) is 92.6 Å². The Hall–Kier alpha value is -5.38. The van der Waals surface area contributed by atoms with Crippen molar-refractivity contribution in [3.8, 4) is 45.7 Å². The van der Waals surface area contributed by atoms with Gasteiger partial charge in [-0.2, -0.15) is 0 Å². The van der Waals surface area contributed by atoms with Crippen LogP contribution in [0.2, 0.25) is 0 Å². The molecular formula is C31H17CuN10-3. The van der Waals surface area contributed by atoms with Gasteiger partial charge in [0.1, 0.15) is 11.5 Å². The molecule has 5 aromatic heterocycles. The minimum absolute atomic E-state index is 0. The van der Waals surface area contributed by atoms with E-state index in [9.17, 15) is 0 Å². The summed E-state index contributed by atoms with van der Waals surface area (Å²) in [6, 6.07) is 23.3. The van der Waals surface area contributed by atoms with Crippen LogP contribution in [-0.4, -0.2) is 39.9 Å². The summed E-state index contributed by atoms with van der Waals surface area (Å²) in [6.07, 6.45) is 3.42. The Kier molecular flexibility index (Phi) is 5.86. The second kappa shape index (κ2) is 9.62. The molecule has 0 spiro atoms. The molecule has 10 nitrogen and oxygen atoms in total. The summed E-state index contributed by atoms with van der Waals surface area (Å²) in [5.74, 6) is 1.91. The minimum atomic E-state index is 0.